The Kier molecular flexibility index (Phi) is 4.14. The highest BCUT2D eigenvalue weighted by molar-refractivity contribution is 9.11. The predicted molar refractivity (Wildman–Crippen MR) is 74.0 cm³/mol. The van der Waals surface area contributed by atoms with Crippen LogP contribution in [0.1, 0.15) is 22.0 Å². The molecule has 1 N–H and O–H groups in total. The number of aryl methyl sites for hydroxylation is 1. The second-order valence-corrected chi connectivity index (χ2v) is 6.59. The second kappa shape index (κ2) is 5.47. The first-order valence-electron chi connectivity index (χ1n) is 5.41. The number of benzene rings is 1. The maximum Gasteiger partial charge on any atom is 0.159 e. The molecule has 0 bridgehead atoms. The summed E-state index contributed by atoms with van der Waals surface area (Å²) >= 11 is 5.06. The summed E-state index contributed by atoms with van der Waals surface area (Å²) in [6.45, 7) is 2.01. The number of thiophene rings is 1. The van der Waals surface area contributed by atoms with Gasteiger partial charge in [-0.2, -0.15) is 0 Å². The summed E-state index contributed by atoms with van der Waals surface area (Å²) in [5.41, 5.74) is 1.78. The summed E-state index contributed by atoms with van der Waals surface area (Å²) in [6, 6.07) is 5.86. The van der Waals surface area contributed by atoms with Crippen molar-refractivity contribution < 1.29 is 8.78 Å². The van der Waals surface area contributed by atoms with Gasteiger partial charge in [0.15, 0.2) is 11.6 Å². The Labute approximate surface area is 117 Å². The van der Waals surface area contributed by atoms with Crippen molar-refractivity contribution in [2.24, 2.45) is 0 Å². The minimum atomic E-state index is -0.822. The van der Waals surface area contributed by atoms with Crippen LogP contribution in [0, 0.1) is 18.6 Å². The predicted octanol–water partition coefficient (Wildman–Crippen LogP) is 4.41. The summed E-state index contributed by atoms with van der Waals surface area (Å²) in [5, 5.41) is 3.13. The zero-order chi connectivity index (χ0) is 13.3. The van der Waals surface area contributed by atoms with Gasteiger partial charge in [-0.1, -0.05) is 6.07 Å². The molecule has 0 aliphatic carbocycles. The van der Waals surface area contributed by atoms with Gasteiger partial charge < -0.3 is 5.32 Å². The number of hydrogen-bond donors (Lipinski definition) is 1. The summed E-state index contributed by atoms with van der Waals surface area (Å²) in [5.74, 6) is -1.64. The monoisotopic (exact) mass is 331 g/mol. The van der Waals surface area contributed by atoms with Crippen molar-refractivity contribution in [1.29, 1.82) is 0 Å². The van der Waals surface area contributed by atoms with Crippen LogP contribution in [0.2, 0.25) is 0 Å². The summed E-state index contributed by atoms with van der Waals surface area (Å²) < 4.78 is 27.3. The van der Waals surface area contributed by atoms with Crippen LogP contribution in [-0.2, 0) is 0 Å². The average molecular weight is 332 g/mol. The van der Waals surface area contributed by atoms with Crippen molar-refractivity contribution in [2.75, 3.05) is 7.05 Å². The highest BCUT2D eigenvalue weighted by Gasteiger charge is 2.18. The quantitative estimate of drug-likeness (QED) is 0.878. The van der Waals surface area contributed by atoms with Gasteiger partial charge in [-0.25, -0.2) is 8.78 Å². The maximum atomic E-state index is 13.3. The van der Waals surface area contributed by atoms with E-state index in [1.807, 2.05) is 13.0 Å². The highest BCUT2D eigenvalue weighted by atomic mass is 79.9. The fourth-order valence-corrected chi connectivity index (χ4v) is 3.69. The molecule has 0 spiro atoms. The molecule has 96 valence electrons. The van der Waals surface area contributed by atoms with Gasteiger partial charge in [-0.3, -0.25) is 0 Å². The lowest BCUT2D eigenvalue weighted by molar-refractivity contribution is 0.505. The molecule has 1 nitrogen and oxygen atoms in total. The van der Waals surface area contributed by atoms with Gasteiger partial charge in [0, 0.05) is 4.88 Å². The van der Waals surface area contributed by atoms with Crippen LogP contribution in [0.15, 0.2) is 28.1 Å². The molecule has 2 rings (SSSR count). The van der Waals surface area contributed by atoms with Crippen LogP contribution in [-0.4, -0.2) is 7.05 Å². The Balaban J connectivity index is 2.45. The second-order valence-electron chi connectivity index (χ2n) is 3.96. The van der Waals surface area contributed by atoms with Gasteiger partial charge in [0.2, 0.25) is 0 Å². The average Bonchev–Trinajstić information content (AvgIpc) is 2.64. The van der Waals surface area contributed by atoms with Crippen molar-refractivity contribution in [2.45, 2.75) is 13.0 Å². The molecular formula is C13H12BrF2NS. The molecular weight excluding hydrogens is 320 g/mol. The van der Waals surface area contributed by atoms with Gasteiger partial charge >= 0.3 is 0 Å². The van der Waals surface area contributed by atoms with Gasteiger partial charge in [-0.15, -0.1) is 11.3 Å². The van der Waals surface area contributed by atoms with Crippen LogP contribution in [0.5, 0.6) is 0 Å². The molecule has 0 radical (unpaired) electrons. The molecule has 1 aromatic carbocycles. The summed E-state index contributed by atoms with van der Waals surface area (Å²) in [7, 11) is 1.80. The lowest BCUT2D eigenvalue weighted by Gasteiger charge is -2.17. The number of hydrogen-bond acceptors (Lipinski definition) is 2. The van der Waals surface area contributed by atoms with Crippen LogP contribution >= 0.6 is 27.3 Å². The van der Waals surface area contributed by atoms with Crippen LogP contribution in [0.4, 0.5) is 8.78 Å². The van der Waals surface area contributed by atoms with Crippen LogP contribution < -0.4 is 5.32 Å². The molecule has 0 aliphatic rings. The SMILES string of the molecule is CNC(c1ccc(F)c(F)c1)c1cc(Br)sc1C. The standard InChI is InChI=1S/C13H12BrF2NS/c1-7-9(6-12(14)18-7)13(17-2)8-3-4-10(15)11(16)5-8/h3-6,13,17H,1-2H3. The van der Waals surface area contributed by atoms with E-state index >= 15 is 0 Å². The molecule has 1 heterocycles. The Morgan fingerprint density at radius 3 is 2.44 bits per heavy atom. The minimum absolute atomic E-state index is 0.136. The Hall–Kier alpha value is -0.780. The lowest BCUT2D eigenvalue weighted by Crippen LogP contribution is -2.18. The van der Waals surface area contributed by atoms with Crippen molar-refractivity contribution in [3.05, 3.63) is 55.7 Å². The number of rotatable bonds is 3. The van der Waals surface area contributed by atoms with E-state index in [1.165, 1.54) is 6.07 Å². The minimum Gasteiger partial charge on any atom is -0.309 e. The number of nitrogens with one attached hydrogen (secondary N) is 1. The molecule has 1 aromatic heterocycles. The van der Waals surface area contributed by atoms with Gasteiger partial charge in [0.1, 0.15) is 0 Å². The van der Waals surface area contributed by atoms with E-state index in [4.69, 9.17) is 0 Å². The first kappa shape index (κ1) is 13.6. The zero-order valence-electron chi connectivity index (χ0n) is 9.93. The fourth-order valence-electron chi connectivity index (χ4n) is 1.94. The van der Waals surface area contributed by atoms with E-state index in [9.17, 15) is 8.78 Å². The van der Waals surface area contributed by atoms with Crippen molar-refractivity contribution in [3.8, 4) is 0 Å². The largest absolute Gasteiger partial charge is 0.309 e. The Morgan fingerprint density at radius 1 is 1.22 bits per heavy atom. The molecule has 0 saturated heterocycles. The van der Waals surface area contributed by atoms with Crippen molar-refractivity contribution in [1.82, 2.24) is 5.32 Å². The smallest absolute Gasteiger partial charge is 0.159 e. The maximum absolute atomic E-state index is 13.3. The fraction of sp³-hybridized carbons (Fsp3) is 0.231. The summed E-state index contributed by atoms with van der Waals surface area (Å²) in [6.07, 6.45) is 0. The molecule has 5 heteroatoms. The third kappa shape index (κ3) is 2.63. The highest BCUT2D eigenvalue weighted by Crippen LogP contribution is 2.33. The van der Waals surface area contributed by atoms with Gasteiger partial charge in [0.25, 0.3) is 0 Å². The van der Waals surface area contributed by atoms with E-state index in [0.29, 0.717) is 5.56 Å². The van der Waals surface area contributed by atoms with Gasteiger partial charge in [-0.05, 0) is 59.2 Å². The molecule has 1 unspecified atom stereocenters. The molecule has 1 atom stereocenters. The number of halogens is 3. The van der Waals surface area contributed by atoms with E-state index in [1.54, 1.807) is 24.5 Å². The van der Waals surface area contributed by atoms with E-state index in [-0.39, 0.29) is 6.04 Å². The van der Waals surface area contributed by atoms with Crippen molar-refractivity contribution in [3.63, 3.8) is 0 Å². The first-order valence-corrected chi connectivity index (χ1v) is 7.02. The molecule has 2 aromatic rings. The molecule has 18 heavy (non-hydrogen) atoms. The van der Waals surface area contributed by atoms with Crippen LogP contribution in [0.25, 0.3) is 0 Å². The van der Waals surface area contributed by atoms with Crippen LogP contribution in [0.3, 0.4) is 0 Å². The third-order valence-corrected chi connectivity index (χ3v) is 4.37. The van der Waals surface area contributed by atoms with Gasteiger partial charge in [0.05, 0.1) is 9.83 Å². The lowest BCUT2D eigenvalue weighted by atomic mass is 9.99. The van der Waals surface area contributed by atoms with E-state index < -0.39 is 11.6 Å². The Morgan fingerprint density at radius 2 is 1.94 bits per heavy atom. The summed E-state index contributed by atoms with van der Waals surface area (Å²) in [4.78, 5) is 1.14. The molecule has 0 amide bonds. The third-order valence-electron chi connectivity index (χ3n) is 2.80. The first-order chi connectivity index (χ1) is 8.52. The normalized spacial score (nSPS) is 12.7. The Bertz CT molecular complexity index is 568. The van der Waals surface area contributed by atoms with E-state index in [2.05, 4.69) is 21.2 Å². The zero-order valence-corrected chi connectivity index (χ0v) is 12.3. The molecule has 0 fully saturated rings. The van der Waals surface area contributed by atoms with E-state index in [0.717, 1.165) is 20.3 Å². The molecule has 0 saturated carbocycles. The van der Waals surface area contributed by atoms with Crippen molar-refractivity contribution >= 4 is 27.3 Å². The topological polar surface area (TPSA) is 12.0 Å². The molecule has 0 aliphatic heterocycles.